The molecule has 1 saturated heterocycles. The summed E-state index contributed by atoms with van der Waals surface area (Å²) in [6, 6.07) is 13.4. The van der Waals surface area contributed by atoms with Crippen molar-refractivity contribution in [2.24, 2.45) is 5.92 Å². The van der Waals surface area contributed by atoms with Crippen molar-refractivity contribution in [3.8, 4) is 0 Å². The van der Waals surface area contributed by atoms with Gasteiger partial charge in [0.15, 0.2) is 0 Å². The molecule has 4 rings (SSSR count). The second-order valence-electron chi connectivity index (χ2n) is 7.29. The number of nitrogens with one attached hydrogen (secondary N) is 1. The number of nitrogens with zero attached hydrogens (tertiary/aromatic N) is 2. The van der Waals surface area contributed by atoms with Gasteiger partial charge in [0.05, 0.1) is 5.92 Å². The predicted octanol–water partition coefficient (Wildman–Crippen LogP) is 3.04. The highest BCUT2D eigenvalue weighted by atomic mass is 32.2. The molecule has 1 atom stereocenters. The number of hydrogen-bond donors (Lipinski definition) is 1. The first-order valence-corrected chi connectivity index (χ1v) is 10.7. The average molecular weight is 401 g/mol. The number of hydrogen-bond acceptors (Lipinski definition) is 4. The molecule has 2 heterocycles. The van der Waals surface area contributed by atoms with Crippen LogP contribution in [0.2, 0.25) is 0 Å². The van der Waals surface area contributed by atoms with Crippen LogP contribution in [0.25, 0.3) is 21.9 Å². The monoisotopic (exact) mass is 401 g/mol. The Bertz CT molecular complexity index is 1140. The van der Waals surface area contributed by atoms with Gasteiger partial charge in [-0.25, -0.2) is 0 Å². The Morgan fingerprint density at radius 3 is 2.68 bits per heavy atom. The van der Waals surface area contributed by atoms with Crippen LogP contribution in [-0.4, -0.2) is 50.1 Å². The molecule has 28 heavy (non-hydrogen) atoms. The zero-order valence-electron chi connectivity index (χ0n) is 15.9. The van der Waals surface area contributed by atoms with Crippen LogP contribution in [0.5, 0.6) is 0 Å². The van der Waals surface area contributed by atoms with E-state index in [1.165, 1.54) is 22.7 Å². The third kappa shape index (κ3) is 3.39. The number of piperidine rings is 1. The second-order valence-corrected chi connectivity index (χ2v) is 9.43. The molecule has 0 radical (unpaired) electrons. The van der Waals surface area contributed by atoms with Gasteiger partial charge in [0.25, 0.3) is 10.2 Å². The number of carbonyl (C=O) groups is 1. The summed E-state index contributed by atoms with van der Waals surface area (Å²) in [5.74, 6) is -0.552. The number of amides is 1. The molecule has 148 valence electrons. The minimum atomic E-state index is -3.51. The van der Waals surface area contributed by atoms with Crippen LogP contribution in [0.4, 0.5) is 5.69 Å². The highest BCUT2D eigenvalue weighted by molar-refractivity contribution is 7.86. The summed E-state index contributed by atoms with van der Waals surface area (Å²) >= 11 is 0. The molecule has 1 aliphatic heterocycles. The van der Waals surface area contributed by atoms with E-state index in [4.69, 9.17) is 4.42 Å². The van der Waals surface area contributed by atoms with Crippen molar-refractivity contribution in [1.29, 1.82) is 0 Å². The van der Waals surface area contributed by atoms with E-state index in [-0.39, 0.29) is 18.4 Å². The molecule has 1 unspecified atom stereocenters. The lowest BCUT2D eigenvalue weighted by Crippen LogP contribution is -2.47. The molecule has 0 bridgehead atoms. The Morgan fingerprint density at radius 1 is 1.14 bits per heavy atom. The molecule has 1 aromatic heterocycles. The van der Waals surface area contributed by atoms with E-state index in [2.05, 4.69) is 5.32 Å². The maximum Gasteiger partial charge on any atom is 0.281 e. The molecule has 7 nitrogen and oxygen atoms in total. The van der Waals surface area contributed by atoms with Gasteiger partial charge in [-0.2, -0.15) is 17.0 Å². The van der Waals surface area contributed by atoms with E-state index in [0.29, 0.717) is 30.7 Å². The Labute approximate surface area is 164 Å². The minimum absolute atomic E-state index is 0.172. The molecule has 1 fully saturated rings. The number of rotatable bonds is 4. The van der Waals surface area contributed by atoms with Crippen LogP contribution in [0, 0.1) is 5.92 Å². The summed E-state index contributed by atoms with van der Waals surface area (Å²) in [6.45, 7) is 0.633. The number of carbonyl (C=O) groups excluding carboxylic acids is 1. The molecule has 0 saturated carbocycles. The van der Waals surface area contributed by atoms with E-state index < -0.39 is 10.2 Å². The summed E-state index contributed by atoms with van der Waals surface area (Å²) < 4.78 is 33.1. The van der Waals surface area contributed by atoms with Crippen LogP contribution in [0.1, 0.15) is 12.8 Å². The van der Waals surface area contributed by atoms with Crippen LogP contribution >= 0.6 is 0 Å². The molecule has 3 aromatic rings. The summed E-state index contributed by atoms with van der Waals surface area (Å²) in [5, 5.41) is 4.94. The quantitative estimate of drug-likeness (QED) is 0.728. The van der Waals surface area contributed by atoms with E-state index >= 15 is 0 Å². The Morgan fingerprint density at radius 2 is 1.89 bits per heavy atom. The van der Waals surface area contributed by atoms with Crippen LogP contribution in [0.3, 0.4) is 0 Å². The third-order valence-corrected chi connectivity index (χ3v) is 7.10. The smallest absolute Gasteiger partial charge is 0.281 e. The maximum atomic E-state index is 12.7. The fourth-order valence-corrected chi connectivity index (χ4v) is 4.83. The molecule has 2 aromatic carbocycles. The van der Waals surface area contributed by atoms with Crippen LogP contribution in [-0.2, 0) is 15.0 Å². The van der Waals surface area contributed by atoms with Crippen LogP contribution in [0.15, 0.2) is 46.9 Å². The van der Waals surface area contributed by atoms with Gasteiger partial charge in [-0.3, -0.25) is 4.79 Å². The van der Waals surface area contributed by atoms with Crippen molar-refractivity contribution < 1.29 is 17.6 Å². The SMILES string of the molecule is CN(C)S(=O)(=O)N1CCCC(C(=O)Nc2ccc3c(c2)oc2ccccc23)C1. The fraction of sp³-hybridized carbons (Fsp3) is 0.350. The highest BCUT2D eigenvalue weighted by Gasteiger charge is 2.33. The Balaban J connectivity index is 1.52. The van der Waals surface area contributed by atoms with Crippen LogP contribution < -0.4 is 5.32 Å². The van der Waals surface area contributed by atoms with Gasteiger partial charge in [0.2, 0.25) is 5.91 Å². The normalized spacial score (nSPS) is 18.8. The van der Waals surface area contributed by atoms with Gasteiger partial charge >= 0.3 is 0 Å². The summed E-state index contributed by atoms with van der Waals surface area (Å²) in [6.07, 6.45) is 1.33. The van der Waals surface area contributed by atoms with Gasteiger partial charge < -0.3 is 9.73 Å². The first kappa shape index (κ1) is 18.9. The number of furan rings is 1. The first-order valence-electron chi connectivity index (χ1n) is 9.26. The van der Waals surface area contributed by atoms with Crippen molar-refractivity contribution in [3.05, 3.63) is 42.5 Å². The molecular weight excluding hydrogens is 378 g/mol. The van der Waals surface area contributed by atoms with E-state index in [1.807, 2.05) is 42.5 Å². The lowest BCUT2D eigenvalue weighted by molar-refractivity contribution is -0.120. The first-order chi connectivity index (χ1) is 13.4. The highest BCUT2D eigenvalue weighted by Crippen LogP contribution is 2.30. The maximum absolute atomic E-state index is 12.7. The van der Waals surface area contributed by atoms with Crippen molar-refractivity contribution >= 4 is 43.7 Å². The second kappa shape index (κ2) is 7.20. The zero-order valence-corrected chi connectivity index (χ0v) is 16.7. The van der Waals surface area contributed by atoms with Crippen molar-refractivity contribution in [2.45, 2.75) is 12.8 Å². The predicted molar refractivity (Wildman–Crippen MR) is 109 cm³/mol. The molecular formula is C20H23N3O4S. The summed E-state index contributed by atoms with van der Waals surface area (Å²) in [7, 11) is -0.508. The number of para-hydroxylation sites is 1. The average Bonchev–Trinajstić information content (AvgIpc) is 3.05. The molecule has 0 aliphatic carbocycles. The molecule has 8 heteroatoms. The van der Waals surface area contributed by atoms with Gasteiger partial charge in [0.1, 0.15) is 11.2 Å². The third-order valence-electron chi connectivity index (χ3n) is 5.19. The number of benzene rings is 2. The van der Waals surface area contributed by atoms with Gasteiger partial charge in [-0.1, -0.05) is 18.2 Å². The summed E-state index contributed by atoms with van der Waals surface area (Å²) in [5.41, 5.74) is 2.15. The van der Waals surface area contributed by atoms with Crippen molar-refractivity contribution in [2.75, 3.05) is 32.5 Å². The lowest BCUT2D eigenvalue weighted by Gasteiger charge is -2.32. The number of fused-ring (bicyclic) bond motifs is 3. The Hall–Kier alpha value is -2.42. The van der Waals surface area contributed by atoms with Crippen molar-refractivity contribution in [3.63, 3.8) is 0 Å². The van der Waals surface area contributed by atoms with E-state index in [9.17, 15) is 13.2 Å². The van der Waals surface area contributed by atoms with E-state index in [0.717, 1.165) is 16.4 Å². The largest absolute Gasteiger partial charge is 0.456 e. The number of anilines is 1. The molecule has 0 spiro atoms. The molecule has 1 aliphatic rings. The van der Waals surface area contributed by atoms with E-state index in [1.54, 1.807) is 0 Å². The van der Waals surface area contributed by atoms with Gasteiger partial charge in [-0.05, 0) is 31.0 Å². The van der Waals surface area contributed by atoms with Gasteiger partial charge in [-0.15, -0.1) is 0 Å². The topological polar surface area (TPSA) is 82.9 Å². The Kier molecular flexibility index (Phi) is 4.86. The molecule has 1 N–H and O–H groups in total. The fourth-order valence-electron chi connectivity index (χ4n) is 3.64. The summed E-state index contributed by atoms with van der Waals surface area (Å²) in [4.78, 5) is 12.7. The minimum Gasteiger partial charge on any atom is -0.456 e. The lowest BCUT2D eigenvalue weighted by atomic mass is 9.98. The standard InChI is InChI=1S/C20H23N3O4S/c1-22(2)28(25,26)23-11-5-6-14(13-23)20(24)21-15-9-10-17-16-7-3-4-8-18(16)27-19(17)12-15/h3-4,7-10,12,14H,5-6,11,13H2,1-2H3,(H,21,24). The van der Waals surface area contributed by atoms with Gasteiger partial charge in [0, 0.05) is 49.7 Å². The molecule has 1 amide bonds. The van der Waals surface area contributed by atoms with Crippen molar-refractivity contribution in [1.82, 2.24) is 8.61 Å². The zero-order chi connectivity index (χ0) is 19.9.